The summed E-state index contributed by atoms with van der Waals surface area (Å²) < 4.78 is 1.18. The summed E-state index contributed by atoms with van der Waals surface area (Å²) in [4.78, 5) is 28.0. The molecule has 0 amide bonds. The molecule has 1 N–H and O–H groups in total. The van der Waals surface area contributed by atoms with E-state index in [1.165, 1.54) is 15.9 Å². The first-order chi connectivity index (χ1) is 10.7. The van der Waals surface area contributed by atoms with Crippen LogP contribution in [0.1, 0.15) is 12.8 Å². The van der Waals surface area contributed by atoms with Crippen molar-refractivity contribution in [3.63, 3.8) is 0 Å². The molecule has 0 saturated heterocycles. The van der Waals surface area contributed by atoms with Gasteiger partial charge in [-0.25, -0.2) is 4.79 Å². The second-order valence-electron chi connectivity index (χ2n) is 4.87. The van der Waals surface area contributed by atoms with Crippen LogP contribution in [0.15, 0.2) is 45.3 Å². The van der Waals surface area contributed by atoms with Gasteiger partial charge in [0.05, 0.1) is 11.5 Å². The fraction of sp³-hybridized carbons (Fsp3) is 0.188. The predicted octanol–water partition coefficient (Wildman–Crippen LogP) is 2.72. The molecule has 3 rings (SSSR count). The molecule has 5 nitrogen and oxygen atoms in total. The molecule has 0 atom stereocenters. The van der Waals surface area contributed by atoms with Crippen molar-refractivity contribution >= 4 is 21.6 Å². The fourth-order valence-electron chi connectivity index (χ4n) is 2.40. The third-order valence-electron chi connectivity index (χ3n) is 3.47. The van der Waals surface area contributed by atoms with Crippen molar-refractivity contribution < 1.29 is 0 Å². The van der Waals surface area contributed by atoms with Crippen LogP contribution in [-0.4, -0.2) is 9.55 Å². The molecule has 6 heteroatoms. The number of nitrogens with one attached hydrogen (secondary N) is 1. The van der Waals surface area contributed by atoms with E-state index >= 15 is 0 Å². The van der Waals surface area contributed by atoms with Crippen LogP contribution in [0.2, 0.25) is 0 Å². The third-order valence-corrected chi connectivity index (χ3v) is 4.37. The minimum Gasteiger partial charge on any atom is -0.298 e. The van der Waals surface area contributed by atoms with Crippen molar-refractivity contribution in [1.82, 2.24) is 9.55 Å². The van der Waals surface area contributed by atoms with Gasteiger partial charge in [0.15, 0.2) is 0 Å². The Morgan fingerprint density at radius 3 is 2.73 bits per heavy atom. The van der Waals surface area contributed by atoms with Crippen LogP contribution >= 0.6 is 11.3 Å². The quantitative estimate of drug-likeness (QED) is 0.752. The van der Waals surface area contributed by atoms with Gasteiger partial charge in [0.2, 0.25) is 0 Å². The van der Waals surface area contributed by atoms with Crippen LogP contribution < -0.4 is 11.2 Å². The SMILES string of the molecule is N#CCCCn1c(=O)[nH]c2scc(-c3ccccc3)c2c1=O. The van der Waals surface area contributed by atoms with Crippen LogP contribution in [-0.2, 0) is 6.54 Å². The zero-order valence-electron chi connectivity index (χ0n) is 11.7. The second-order valence-corrected chi connectivity index (χ2v) is 5.75. The summed E-state index contributed by atoms with van der Waals surface area (Å²) in [6.45, 7) is 0.252. The lowest BCUT2D eigenvalue weighted by Gasteiger charge is -2.04. The second kappa shape index (κ2) is 6.00. The molecule has 0 fully saturated rings. The van der Waals surface area contributed by atoms with E-state index in [1.807, 2.05) is 41.8 Å². The first kappa shape index (κ1) is 14.3. The number of aromatic nitrogens is 2. The van der Waals surface area contributed by atoms with Crippen molar-refractivity contribution in [2.75, 3.05) is 0 Å². The minimum absolute atomic E-state index is 0.252. The van der Waals surface area contributed by atoms with Crippen LogP contribution in [0.4, 0.5) is 0 Å². The molecule has 0 radical (unpaired) electrons. The van der Waals surface area contributed by atoms with Gasteiger partial charge in [-0.05, 0) is 12.0 Å². The zero-order valence-corrected chi connectivity index (χ0v) is 12.5. The number of rotatable bonds is 4. The van der Waals surface area contributed by atoms with Gasteiger partial charge in [-0.3, -0.25) is 14.3 Å². The number of nitrogens with zero attached hydrogens (tertiary/aromatic N) is 2. The summed E-state index contributed by atoms with van der Waals surface area (Å²) in [5.74, 6) is 0. The van der Waals surface area contributed by atoms with E-state index in [0.29, 0.717) is 23.1 Å². The summed E-state index contributed by atoms with van der Waals surface area (Å²) in [6.07, 6.45) is 0.800. The van der Waals surface area contributed by atoms with E-state index in [-0.39, 0.29) is 12.1 Å². The summed E-state index contributed by atoms with van der Waals surface area (Å²) in [5.41, 5.74) is 1.06. The van der Waals surface area contributed by atoms with Gasteiger partial charge in [-0.15, -0.1) is 11.3 Å². The maximum atomic E-state index is 12.7. The summed E-state index contributed by atoms with van der Waals surface area (Å²) in [7, 11) is 0. The first-order valence-corrected chi connectivity index (χ1v) is 7.77. The van der Waals surface area contributed by atoms with E-state index in [2.05, 4.69) is 4.98 Å². The Morgan fingerprint density at radius 2 is 2.00 bits per heavy atom. The monoisotopic (exact) mass is 311 g/mol. The smallest absolute Gasteiger partial charge is 0.298 e. The molecule has 1 aromatic carbocycles. The highest BCUT2D eigenvalue weighted by Gasteiger charge is 2.14. The number of benzene rings is 1. The zero-order chi connectivity index (χ0) is 15.5. The number of thiophene rings is 1. The summed E-state index contributed by atoms with van der Waals surface area (Å²) in [6, 6.07) is 11.6. The van der Waals surface area contributed by atoms with Crippen molar-refractivity contribution in [2.45, 2.75) is 19.4 Å². The number of H-pyrrole nitrogens is 1. The van der Waals surface area contributed by atoms with E-state index in [4.69, 9.17) is 5.26 Å². The lowest BCUT2D eigenvalue weighted by atomic mass is 10.1. The van der Waals surface area contributed by atoms with E-state index < -0.39 is 5.69 Å². The molecule has 22 heavy (non-hydrogen) atoms. The Morgan fingerprint density at radius 1 is 1.23 bits per heavy atom. The molecule has 0 unspecified atom stereocenters. The van der Waals surface area contributed by atoms with Gasteiger partial charge in [0.25, 0.3) is 5.56 Å². The molecule has 3 aromatic rings. The number of hydrogen-bond acceptors (Lipinski definition) is 4. The van der Waals surface area contributed by atoms with Crippen molar-refractivity contribution in [3.05, 3.63) is 56.5 Å². The van der Waals surface area contributed by atoms with Crippen molar-refractivity contribution in [3.8, 4) is 17.2 Å². The van der Waals surface area contributed by atoms with Crippen LogP contribution in [0.25, 0.3) is 21.3 Å². The van der Waals surface area contributed by atoms with Crippen LogP contribution in [0.3, 0.4) is 0 Å². The highest BCUT2D eigenvalue weighted by Crippen LogP contribution is 2.29. The number of fused-ring (bicyclic) bond motifs is 1. The van der Waals surface area contributed by atoms with E-state index in [0.717, 1.165) is 11.1 Å². The van der Waals surface area contributed by atoms with Gasteiger partial charge >= 0.3 is 5.69 Å². The highest BCUT2D eigenvalue weighted by molar-refractivity contribution is 7.17. The van der Waals surface area contributed by atoms with Gasteiger partial charge in [0, 0.05) is 23.9 Å². The molecular weight excluding hydrogens is 298 g/mol. The summed E-state index contributed by atoms with van der Waals surface area (Å²) in [5, 5.41) is 11.0. The molecule has 110 valence electrons. The van der Waals surface area contributed by atoms with Crippen LogP contribution in [0, 0.1) is 11.3 Å². The third kappa shape index (κ3) is 2.47. The largest absolute Gasteiger partial charge is 0.329 e. The van der Waals surface area contributed by atoms with Crippen LogP contribution in [0.5, 0.6) is 0 Å². The maximum absolute atomic E-state index is 12.7. The van der Waals surface area contributed by atoms with E-state index in [1.54, 1.807) is 0 Å². The number of nitriles is 1. The minimum atomic E-state index is -0.420. The first-order valence-electron chi connectivity index (χ1n) is 6.89. The lowest BCUT2D eigenvalue weighted by molar-refractivity contribution is 0.605. The Kier molecular flexibility index (Phi) is 3.90. The molecule has 0 aliphatic carbocycles. The van der Waals surface area contributed by atoms with Gasteiger partial charge in [-0.1, -0.05) is 30.3 Å². The molecule has 2 heterocycles. The Labute approximate surface area is 130 Å². The predicted molar refractivity (Wildman–Crippen MR) is 87.0 cm³/mol. The van der Waals surface area contributed by atoms with Crippen molar-refractivity contribution in [1.29, 1.82) is 5.26 Å². The van der Waals surface area contributed by atoms with Crippen molar-refractivity contribution in [2.24, 2.45) is 0 Å². The topological polar surface area (TPSA) is 78.7 Å². The molecule has 0 aliphatic heterocycles. The number of unbranched alkanes of at least 4 members (excludes halogenated alkanes) is 1. The Hall–Kier alpha value is -2.65. The average molecular weight is 311 g/mol. The standard InChI is InChI=1S/C16H13N3O2S/c17-8-4-5-9-19-15(20)13-12(11-6-2-1-3-7-11)10-22-14(13)18-16(19)21/h1-3,6-7,10H,4-5,9H2,(H,18,21). The molecule has 2 aromatic heterocycles. The number of aromatic amines is 1. The lowest BCUT2D eigenvalue weighted by Crippen LogP contribution is -2.34. The maximum Gasteiger partial charge on any atom is 0.329 e. The van der Waals surface area contributed by atoms with Gasteiger partial charge < -0.3 is 0 Å². The fourth-order valence-corrected chi connectivity index (χ4v) is 3.35. The summed E-state index contributed by atoms with van der Waals surface area (Å²) >= 11 is 1.35. The normalized spacial score (nSPS) is 10.7. The molecule has 0 aliphatic rings. The van der Waals surface area contributed by atoms with Gasteiger partial charge in [0.1, 0.15) is 4.83 Å². The molecule has 0 spiro atoms. The Balaban J connectivity index is 2.18. The van der Waals surface area contributed by atoms with Gasteiger partial charge in [-0.2, -0.15) is 5.26 Å². The number of hydrogen-bond donors (Lipinski definition) is 1. The molecule has 0 saturated carbocycles. The molecule has 0 bridgehead atoms. The molecular formula is C16H13N3O2S. The Bertz CT molecular complexity index is 961. The highest BCUT2D eigenvalue weighted by atomic mass is 32.1. The van der Waals surface area contributed by atoms with E-state index in [9.17, 15) is 9.59 Å². The average Bonchev–Trinajstić information content (AvgIpc) is 2.95.